The Morgan fingerprint density at radius 3 is 2.89 bits per heavy atom. The molecule has 1 aromatic carbocycles. The molecule has 2 aromatic rings. The van der Waals surface area contributed by atoms with Crippen LogP contribution >= 0.6 is 11.3 Å². The molecular formula is C14H16FNO2S. The SMILES string of the molecule is Cc1c(C(=O)NCC(C)CO)sc2cccc(F)c12. The van der Waals surface area contributed by atoms with Gasteiger partial charge in [-0.25, -0.2) is 4.39 Å². The molecule has 0 aliphatic rings. The van der Waals surface area contributed by atoms with Gasteiger partial charge in [0.15, 0.2) is 0 Å². The van der Waals surface area contributed by atoms with Crippen molar-refractivity contribution in [1.82, 2.24) is 5.32 Å². The second-order valence-corrected chi connectivity index (χ2v) is 5.72. The molecule has 1 amide bonds. The van der Waals surface area contributed by atoms with Crippen molar-refractivity contribution < 1.29 is 14.3 Å². The van der Waals surface area contributed by atoms with Gasteiger partial charge in [0.05, 0.1) is 4.88 Å². The predicted octanol–water partition coefficient (Wildman–Crippen LogP) is 2.71. The number of nitrogens with one attached hydrogen (secondary N) is 1. The highest BCUT2D eigenvalue weighted by Gasteiger charge is 2.17. The van der Waals surface area contributed by atoms with Crippen LogP contribution in [-0.2, 0) is 0 Å². The fourth-order valence-corrected chi connectivity index (χ4v) is 3.02. The van der Waals surface area contributed by atoms with E-state index in [9.17, 15) is 9.18 Å². The molecular weight excluding hydrogens is 265 g/mol. The molecule has 3 nitrogen and oxygen atoms in total. The first-order valence-electron chi connectivity index (χ1n) is 6.11. The highest BCUT2D eigenvalue weighted by Crippen LogP contribution is 2.32. The Hall–Kier alpha value is -1.46. The number of rotatable bonds is 4. The highest BCUT2D eigenvalue weighted by atomic mass is 32.1. The van der Waals surface area contributed by atoms with Crippen molar-refractivity contribution in [3.8, 4) is 0 Å². The third kappa shape index (κ3) is 2.77. The van der Waals surface area contributed by atoms with Crippen LogP contribution in [0.1, 0.15) is 22.2 Å². The van der Waals surface area contributed by atoms with Crippen molar-refractivity contribution in [3.63, 3.8) is 0 Å². The third-order valence-electron chi connectivity index (χ3n) is 3.03. The molecule has 2 N–H and O–H groups in total. The molecule has 1 heterocycles. The Morgan fingerprint density at radius 1 is 1.53 bits per heavy atom. The summed E-state index contributed by atoms with van der Waals surface area (Å²) < 4.78 is 14.5. The Balaban J connectivity index is 2.28. The van der Waals surface area contributed by atoms with Gasteiger partial charge in [0, 0.05) is 23.2 Å². The molecule has 5 heteroatoms. The van der Waals surface area contributed by atoms with Crippen LogP contribution in [0.2, 0.25) is 0 Å². The number of aryl methyl sites for hydroxylation is 1. The van der Waals surface area contributed by atoms with Crippen molar-refractivity contribution in [2.75, 3.05) is 13.2 Å². The van der Waals surface area contributed by atoms with Gasteiger partial charge in [-0.05, 0) is 30.5 Å². The number of fused-ring (bicyclic) bond motifs is 1. The molecule has 102 valence electrons. The summed E-state index contributed by atoms with van der Waals surface area (Å²) >= 11 is 1.29. The lowest BCUT2D eigenvalue weighted by molar-refractivity contribution is 0.0946. The Kier molecular flexibility index (Phi) is 4.17. The van der Waals surface area contributed by atoms with Crippen molar-refractivity contribution >= 4 is 27.3 Å². The number of carbonyl (C=O) groups is 1. The van der Waals surface area contributed by atoms with E-state index in [1.807, 2.05) is 13.0 Å². The molecule has 1 unspecified atom stereocenters. The predicted molar refractivity (Wildman–Crippen MR) is 75.1 cm³/mol. The molecule has 0 saturated carbocycles. The average Bonchev–Trinajstić information content (AvgIpc) is 2.74. The van der Waals surface area contributed by atoms with Crippen LogP contribution in [-0.4, -0.2) is 24.2 Å². The van der Waals surface area contributed by atoms with Gasteiger partial charge in [-0.2, -0.15) is 0 Å². The summed E-state index contributed by atoms with van der Waals surface area (Å²) in [6.07, 6.45) is 0. The maximum atomic E-state index is 13.7. The van der Waals surface area contributed by atoms with Crippen molar-refractivity contribution in [2.24, 2.45) is 5.92 Å². The number of amides is 1. The fourth-order valence-electron chi connectivity index (χ4n) is 1.88. The Bertz CT molecular complexity index is 609. The second kappa shape index (κ2) is 5.67. The number of thiophene rings is 1. The Labute approximate surface area is 115 Å². The molecule has 0 spiro atoms. The van der Waals surface area contributed by atoms with Crippen molar-refractivity contribution in [2.45, 2.75) is 13.8 Å². The monoisotopic (exact) mass is 281 g/mol. The third-order valence-corrected chi connectivity index (χ3v) is 4.29. The van der Waals surface area contributed by atoms with E-state index >= 15 is 0 Å². The number of carbonyl (C=O) groups excluding carboxylic acids is 1. The minimum absolute atomic E-state index is 0.00960. The van der Waals surface area contributed by atoms with Crippen LogP contribution in [0.15, 0.2) is 18.2 Å². The van der Waals surface area contributed by atoms with E-state index in [1.165, 1.54) is 17.4 Å². The number of halogens is 1. The number of hydrogen-bond acceptors (Lipinski definition) is 3. The first kappa shape index (κ1) is 14.0. The molecule has 2 rings (SSSR count). The van der Waals surface area contributed by atoms with Crippen molar-refractivity contribution in [3.05, 3.63) is 34.5 Å². The number of aliphatic hydroxyl groups excluding tert-OH is 1. The van der Waals surface area contributed by atoms with Crippen LogP contribution in [0, 0.1) is 18.7 Å². The topological polar surface area (TPSA) is 49.3 Å². The van der Waals surface area contributed by atoms with Crippen LogP contribution < -0.4 is 5.32 Å². The van der Waals surface area contributed by atoms with E-state index in [1.54, 1.807) is 13.0 Å². The fraction of sp³-hybridized carbons (Fsp3) is 0.357. The smallest absolute Gasteiger partial charge is 0.261 e. The summed E-state index contributed by atoms with van der Waals surface area (Å²) in [5.41, 5.74) is 0.673. The lowest BCUT2D eigenvalue weighted by Crippen LogP contribution is -2.29. The summed E-state index contributed by atoms with van der Waals surface area (Å²) in [7, 11) is 0. The van der Waals surface area contributed by atoms with Gasteiger partial charge in [0.1, 0.15) is 5.82 Å². The zero-order valence-electron chi connectivity index (χ0n) is 10.9. The lowest BCUT2D eigenvalue weighted by atomic mass is 10.1. The molecule has 0 bridgehead atoms. The summed E-state index contributed by atoms with van der Waals surface area (Å²) in [5.74, 6) is -0.497. The zero-order chi connectivity index (χ0) is 14.0. The normalized spacial score (nSPS) is 12.6. The van der Waals surface area contributed by atoms with E-state index in [-0.39, 0.29) is 24.2 Å². The van der Waals surface area contributed by atoms with E-state index in [0.717, 1.165) is 4.70 Å². The zero-order valence-corrected chi connectivity index (χ0v) is 11.7. The Morgan fingerprint density at radius 2 is 2.26 bits per heavy atom. The summed E-state index contributed by atoms with van der Waals surface area (Å²) in [6, 6.07) is 4.85. The van der Waals surface area contributed by atoms with Gasteiger partial charge in [-0.3, -0.25) is 4.79 Å². The number of benzene rings is 1. The van der Waals surface area contributed by atoms with E-state index in [0.29, 0.717) is 22.4 Å². The van der Waals surface area contributed by atoms with Gasteiger partial charge in [-0.15, -0.1) is 11.3 Å². The van der Waals surface area contributed by atoms with Crippen LogP contribution in [0.3, 0.4) is 0 Å². The summed E-state index contributed by atoms with van der Waals surface area (Å²) in [5, 5.41) is 12.2. The minimum Gasteiger partial charge on any atom is -0.396 e. The van der Waals surface area contributed by atoms with E-state index in [4.69, 9.17) is 5.11 Å². The van der Waals surface area contributed by atoms with Gasteiger partial charge in [0.25, 0.3) is 5.91 Å². The molecule has 19 heavy (non-hydrogen) atoms. The minimum atomic E-state index is -0.297. The number of hydrogen-bond donors (Lipinski definition) is 2. The first-order valence-corrected chi connectivity index (χ1v) is 6.93. The quantitative estimate of drug-likeness (QED) is 0.905. The number of aliphatic hydroxyl groups is 1. The van der Waals surface area contributed by atoms with E-state index in [2.05, 4.69) is 5.32 Å². The average molecular weight is 281 g/mol. The summed E-state index contributed by atoms with van der Waals surface area (Å²) in [6.45, 7) is 4.04. The van der Waals surface area contributed by atoms with Gasteiger partial charge in [-0.1, -0.05) is 13.0 Å². The largest absolute Gasteiger partial charge is 0.396 e. The van der Waals surface area contributed by atoms with E-state index < -0.39 is 0 Å². The molecule has 1 aromatic heterocycles. The molecule has 0 fully saturated rings. The standard InChI is InChI=1S/C14H16FNO2S/c1-8(7-17)6-16-14(18)13-9(2)12-10(15)4-3-5-11(12)19-13/h3-5,8,17H,6-7H2,1-2H3,(H,16,18). The lowest BCUT2D eigenvalue weighted by Gasteiger charge is -2.09. The molecule has 1 atom stereocenters. The summed E-state index contributed by atoms with van der Waals surface area (Å²) in [4.78, 5) is 12.6. The van der Waals surface area contributed by atoms with Gasteiger partial charge < -0.3 is 10.4 Å². The molecule has 0 radical (unpaired) electrons. The molecule has 0 aliphatic carbocycles. The van der Waals surface area contributed by atoms with Crippen LogP contribution in [0.25, 0.3) is 10.1 Å². The molecule has 0 aliphatic heterocycles. The van der Waals surface area contributed by atoms with Crippen LogP contribution in [0.4, 0.5) is 4.39 Å². The maximum absolute atomic E-state index is 13.7. The van der Waals surface area contributed by atoms with Gasteiger partial charge in [0.2, 0.25) is 0 Å². The molecule has 0 saturated heterocycles. The van der Waals surface area contributed by atoms with Gasteiger partial charge >= 0.3 is 0 Å². The highest BCUT2D eigenvalue weighted by molar-refractivity contribution is 7.21. The van der Waals surface area contributed by atoms with Crippen molar-refractivity contribution in [1.29, 1.82) is 0 Å². The first-order chi connectivity index (χ1) is 9.04. The van der Waals surface area contributed by atoms with Crippen LogP contribution in [0.5, 0.6) is 0 Å². The maximum Gasteiger partial charge on any atom is 0.261 e. The second-order valence-electron chi connectivity index (χ2n) is 4.67.